The Bertz CT molecular complexity index is 413. The highest BCUT2D eigenvalue weighted by Gasteiger charge is 2.22. The van der Waals surface area contributed by atoms with E-state index in [4.69, 9.17) is 5.84 Å². The highest BCUT2D eigenvalue weighted by atomic mass is 16.2. The number of carbonyl (C=O) groups excluding carboxylic acids is 1. The minimum absolute atomic E-state index is 0.0628. The Hall–Kier alpha value is -1.73. The van der Waals surface area contributed by atoms with Crippen LogP contribution in [-0.4, -0.2) is 58.6 Å². The predicted molar refractivity (Wildman–Crippen MR) is 72.5 cm³/mol. The summed E-state index contributed by atoms with van der Waals surface area (Å²) in [6.45, 7) is 6.61. The van der Waals surface area contributed by atoms with Crippen molar-refractivity contribution < 1.29 is 4.79 Å². The zero-order valence-electron chi connectivity index (χ0n) is 11.2. The lowest BCUT2D eigenvalue weighted by molar-refractivity contribution is 0.0630. The summed E-state index contributed by atoms with van der Waals surface area (Å²) in [5.74, 6) is 5.59. The second-order valence-corrected chi connectivity index (χ2v) is 4.58. The van der Waals surface area contributed by atoms with Crippen LogP contribution in [-0.2, 0) is 0 Å². The van der Waals surface area contributed by atoms with Crippen molar-refractivity contribution in [3.05, 3.63) is 17.8 Å². The van der Waals surface area contributed by atoms with Gasteiger partial charge in [-0.3, -0.25) is 9.69 Å². The maximum atomic E-state index is 12.2. The molecule has 0 radical (unpaired) electrons. The summed E-state index contributed by atoms with van der Waals surface area (Å²) in [6.07, 6.45) is 1.15. The van der Waals surface area contributed by atoms with Gasteiger partial charge in [-0.05, 0) is 25.1 Å². The highest BCUT2D eigenvalue weighted by molar-refractivity contribution is 5.92. The van der Waals surface area contributed by atoms with Crippen molar-refractivity contribution in [1.82, 2.24) is 20.0 Å². The molecule has 0 aliphatic carbocycles. The largest absolute Gasteiger partial charge is 0.335 e. The van der Waals surface area contributed by atoms with Crippen LogP contribution in [0.2, 0.25) is 0 Å². The van der Waals surface area contributed by atoms with E-state index in [1.165, 1.54) is 0 Å². The zero-order valence-corrected chi connectivity index (χ0v) is 11.2. The van der Waals surface area contributed by atoms with Crippen LogP contribution in [0.4, 0.5) is 5.82 Å². The molecule has 1 aliphatic heterocycles. The molecule has 3 N–H and O–H groups in total. The Kier molecular flexibility index (Phi) is 4.64. The average Bonchev–Trinajstić information content (AvgIpc) is 2.48. The van der Waals surface area contributed by atoms with E-state index in [2.05, 4.69) is 27.4 Å². The van der Waals surface area contributed by atoms with Gasteiger partial charge in [-0.25, -0.2) is 5.84 Å². The van der Waals surface area contributed by atoms with Crippen LogP contribution in [0.25, 0.3) is 0 Å². The number of hydrogen-bond acceptors (Lipinski definition) is 6. The molecular formula is C12H20N6O. The van der Waals surface area contributed by atoms with E-state index >= 15 is 0 Å². The summed E-state index contributed by atoms with van der Waals surface area (Å²) in [4.78, 5) is 16.4. The van der Waals surface area contributed by atoms with Crippen molar-refractivity contribution >= 4 is 11.7 Å². The molecule has 1 amide bonds. The molecule has 2 rings (SSSR count). The first-order chi connectivity index (χ1) is 9.24. The maximum absolute atomic E-state index is 12.2. The van der Waals surface area contributed by atoms with Gasteiger partial charge in [0.1, 0.15) is 0 Å². The smallest absolute Gasteiger partial charge is 0.274 e. The predicted octanol–water partition coefficient (Wildman–Crippen LogP) is -0.0700. The number of anilines is 1. The molecule has 0 unspecified atom stereocenters. The van der Waals surface area contributed by atoms with E-state index < -0.39 is 0 Å². The van der Waals surface area contributed by atoms with Crippen LogP contribution >= 0.6 is 0 Å². The van der Waals surface area contributed by atoms with Crippen molar-refractivity contribution in [2.75, 3.05) is 38.1 Å². The number of nitrogen functional groups attached to an aromatic ring is 1. The van der Waals surface area contributed by atoms with Gasteiger partial charge in [0.05, 0.1) is 0 Å². The fourth-order valence-corrected chi connectivity index (χ4v) is 2.18. The zero-order chi connectivity index (χ0) is 13.7. The van der Waals surface area contributed by atoms with E-state index in [-0.39, 0.29) is 5.91 Å². The second-order valence-electron chi connectivity index (χ2n) is 4.58. The average molecular weight is 264 g/mol. The number of nitrogens with zero attached hydrogens (tertiary/aromatic N) is 4. The summed E-state index contributed by atoms with van der Waals surface area (Å²) in [5.41, 5.74) is 2.75. The van der Waals surface area contributed by atoms with Gasteiger partial charge < -0.3 is 10.3 Å². The Morgan fingerprint density at radius 3 is 2.58 bits per heavy atom. The number of hydrogen-bond donors (Lipinski definition) is 2. The van der Waals surface area contributed by atoms with Gasteiger partial charge in [0.25, 0.3) is 5.91 Å². The summed E-state index contributed by atoms with van der Waals surface area (Å²) >= 11 is 0. The molecule has 1 aromatic rings. The molecule has 1 saturated heterocycles. The van der Waals surface area contributed by atoms with Gasteiger partial charge in [-0.2, -0.15) is 0 Å². The number of aromatic nitrogens is 2. The van der Waals surface area contributed by atoms with Gasteiger partial charge >= 0.3 is 0 Å². The third kappa shape index (κ3) is 3.39. The third-order valence-corrected chi connectivity index (χ3v) is 3.23. The molecule has 0 aromatic carbocycles. The van der Waals surface area contributed by atoms with Gasteiger partial charge in [0.15, 0.2) is 11.5 Å². The molecular weight excluding hydrogens is 244 g/mol. The van der Waals surface area contributed by atoms with Crippen molar-refractivity contribution in [3.8, 4) is 0 Å². The normalized spacial score (nSPS) is 16.4. The fourth-order valence-electron chi connectivity index (χ4n) is 2.18. The molecule has 0 bridgehead atoms. The third-order valence-electron chi connectivity index (χ3n) is 3.23. The molecule has 0 atom stereocenters. The van der Waals surface area contributed by atoms with Crippen molar-refractivity contribution in [1.29, 1.82) is 0 Å². The number of hydrazine groups is 1. The Balaban J connectivity index is 1.93. The van der Waals surface area contributed by atoms with E-state index in [1.807, 2.05) is 4.90 Å². The molecule has 7 nitrogen and oxygen atoms in total. The molecule has 2 heterocycles. The van der Waals surface area contributed by atoms with E-state index in [0.717, 1.165) is 39.1 Å². The molecule has 19 heavy (non-hydrogen) atoms. The van der Waals surface area contributed by atoms with E-state index in [1.54, 1.807) is 12.1 Å². The molecule has 1 aromatic heterocycles. The van der Waals surface area contributed by atoms with E-state index in [0.29, 0.717) is 11.5 Å². The number of amides is 1. The van der Waals surface area contributed by atoms with Crippen LogP contribution in [0.3, 0.4) is 0 Å². The van der Waals surface area contributed by atoms with Gasteiger partial charge in [-0.15, -0.1) is 10.2 Å². The topological polar surface area (TPSA) is 87.4 Å². The number of nitrogens with two attached hydrogens (primary N) is 1. The number of rotatable bonds is 4. The molecule has 7 heteroatoms. The van der Waals surface area contributed by atoms with Gasteiger partial charge in [-0.1, -0.05) is 6.92 Å². The quantitative estimate of drug-likeness (QED) is 0.585. The minimum Gasteiger partial charge on any atom is -0.335 e. The van der Waals surface area contributed by atoms with Crippen molar-refractivity contribution in [3.63, 3.8) is 0 Å². The summed E-state index contributed by atoms with van der Waals surface area (Å²) in [5, 5.41) is 7.70. The second kappa shape index (κ2) is 6.44. The Labute approximate surface area is 112 Å². The fraction of sp³-hybridized carbons (Fsp3) is 0.583. The molecule has 0 spiro atoms. The lowest BCUT2D eigenvalue weighted by Crippen LogP contribution is -2.48. The van der Waals surface area contributed by atoms with E-state index in [9.17, 15) is 4.79 Å². The Morgan fingerprint density at radius 2 is 2.05 bits per heavy atom. The number of piperazine rings is 1. The minimum atomic E-state index is -0.0628. The first-order valence-electron chi connectivity index (χ1n) is 6.56. The monoisotopic (exact) mass is 264 g/mol. The molecule has 0 saturated carbocycles. The number of carbonyl (C=O) groups is 1. The van der Waals surface area contributed by atoms with Gasteiger partial charge in [0, 0.05) is 26.2 Å². The summed E-state index contributed by atoms with van der Waals surface area (Å²) < 4.78 is 0. The molecule has 1 fully saturated rings. The molecule has 1 aliphatic rings. The number of nitrogens with one attached hydrogen (secondary N) is 1. The van der Waals surface area contributed by atoms with Crippen LogP contribution < -0.4 is 11.3 Å². The van der Waals surface area contributed by atoms with Crippen molar-refractivity contribution in [2.45, 2.75) is 13.3 Å². The van der Waals surface area contributed by atoms with Crippen LogP contribution in [0, 0.1) is 0 Å². The standard InChI is InChI=1S/C12H20N6O/c1-2-5-17-6-8-18(9-7-17)12(19)10-3-4-11(14-13)16-15-10/h3-4H,2,5-9,13H2,1H3,(H,14,16). The highest BCUT2D eigenvalue weighted by Crippen LogP contribution is 2.08. The summed E-state index contributed by atoms with van der Waals surface area (Å²) in [7, 11) is 0. The van der Waals surface area contributed by atoms with Crippen LogP contribution in [0.15, 0.2) is 12.1 Å². The SMILES string of the molecule is CCCN1CCN(C(=O)c2ccc(NN)nn2)CC1. The van der Waals surface area contributed by atoms with Crippen LogP contribution in [0.5, 0.6) is 0 Å². The first-order valence-corrected chi connectivity index (χ1v) is 6.56. The molecule has 104 valence electrons. The Morgan fingerprint density at radius 1 is 1.32 bits per heavy atom. The lowest BCUT2D eigenvalue weighted by Gasteiger charge is -2.34. The van der Waals surface area contributed by atoms with Crippen LogP contribution in [0.1, 0.15) is 23.8 Å². The van der Waals surface area contributed by atoms with Gasteiger partial charge in [0.2, 0.25) is 0 Å². The summed E-state index contributed by atoms with van der Waals surface area (Å²) in [6, 6.07) is 3.29. The van der Waals surface area contributed by atoms with Crippen molar-refractivity contribution in [2.24, 2.45) is 5.84 Å². The first kappa shape index (κ1) is 13.7. The maximum Gasteiger partial charge on any atom is 0.274 e. The lowest BCUT2D eigenvalue weighted by atomic mass is 10.2.